The molecular formula is C12H20N2OS. The molecule has 0 aromatic rings. The minimum absolute atomic E-state index is 0.410. The minimum Gasteiger partial charge on any atom is -0.373 e. The Bertz CT molecular complexity index is 295. The third-order valence-electron chi connectivity index (χ3n) is 3.73. The third-order valence-corrected chi connectivity index (χ3v) is 4.77. The first-order valence-electron chi connectivity index (χ1n) is 6.37. The van der Waals surface area contributed by atoms with E-state index >= 15 is 0 Å². The van der Waals surface area contributed by atoms with Crippen molar-refractivity contribution in [3.8, 4) is 0 Å². The average molecular weight is 240 g/mol. The molecule has 3 rings (SSSR count). The van der Waals surface area contributed by atoms with Crippen LogP contribution < -0.4 is 5.32 Å². The summed E-state index contributed by atoms with van der Waals surface area (Å²) in [7, 11) is 0. The maximum atomic E-state index is 5.84. The molecular weight excluding hydrogens is 220 g/mol. The largest absolute Gasteiger partial charge is 0.373 e. The van der Waals surface area contributed by atoms with Crippen LogP contribution in [0, 0.1) is 0 Å². The van der Waals surface area contributed by atoms with Crippen LogP contribution in [-0.2, 0) is 4.74 Å². The molecule has 4 heteroatoms. The van der Waals surface area contributed by atoms with Crippen molar-refractivity contribution in [2.24, 2.45) is 4.99 Å². The molecule has 3 aliphatic rings. The number of aliphatic imine (C=N–C) groups is 1. The molecule has 0 saturated carbocycles. The quantitative estimate of drug-likeness (QED) is 0.762. The fourth-order valence-corrected chi connectivity index (χ4v) is 4.24. The van der Waals surface area contributed by atoms with E-state index in [0.717, 1.165) is 11.6 Å². The van der Waals surface area contributed by atoms with E-state index in [4.69, 9.17) is 9.73 Å². The van der Waals surface area contributed by atoms with E-state index in [1.165, 1.54) is 19.3 Å². The summed E-state index contributed by atoms with van der Waals surface area (Å²) >= 11 is 1.89. The van der Waals surface area contributed by atoms with Crippen molar-refractivity contribution in [3.63, 3.8) is 0 Å². The normalized spacial score (nSPS) is 49.6. The summed E-state index contributed by atoms with van der Waals surface area (Å²) in [6.07, 6.45) is 5.74. The highest BCUT2D eigenvalue weighted by atomic mass is 32.2. The van der Waals surface area contributed by atoms with E-state index in [1.54, 1.807) is 0 Å². The number of hydrogen-bond donors (Lipinski definition) is 1. The predicted octanol–water partition coefficient (Wildman–Crippen LogP) is 2.17. The van der Waals surface area contributed by atoms with Crippen molar-refractivity contribution in [2.45, 2.75) is 69.1 Å². The van der Waals surface area contributed by atoms with Crippen molar-refractivity contribution in [1.82, 2.24) is 5.32 Å². The van der Waals surface area contributed by atoms with E-state index in [1.807, 2.05) is 11.8 Å². The lowest BCUT2D eigenvalue weighted by atomic mass is 9.96. The van der Waals surface area contributed by atoms with Gasteiger partial charge < -0.3 is 10.1 Å². The van der Waals surface area contributed by atoms with Gasteiger partial charge >= 0.3 is 0 Å². The van der Waals surface area contributed by atoms with E-state index in [-0.39, 0.29) is 0 Å². The van der Waals surface area contributed by atoms with Gasteiger partial charge in [-0.2, -0.15) is 0 Å². The fraction of sp³-hybridized carbons (Fsp3) is 0.917. The third kappa shape index (κ3) is 2.09. The van der Waals surface area contributed by atoms with Gasteiger partial charge in [-0.15, -0.1) is 0 Å². The van der Waals surface area contributed by atoms with E-state index in [0.29, 0.717) is 29.5 Å². The summed E-state index contributed by atoms with van der Waals surface area (Å²) in [4.78, 5) is 4.86. The van der Waals surface area contributed by atoms with Crippen molar-refractivity contribution < 1.29 is 4.74 Å². The van der Waals surface area contributed by atoms with E-state index in [2.05, 4.69) is 19.2 Å². The highest BCUT2D eigenvalue weighted by Gasteiger charge is 2.41. The highest BCUT2D eigenvalue weighted by Crippen LogP contribution is 2.37. The van der Waals surface area contributed by atoms with E-state index < -0.39 is 0 Å². The lowest BCUT2D eigenvalue weighted by molar-refractivity contribution is 0.101. The highest BCUT2D eigenvalue weighted by molar-refractivity contribution is 8.14. The van der Waals surface area contributed by atoms with Crippen molar-refractivity contribution in [3.05, 3.63) is 0 Å². The van der Waals surface area contributed by atoms with Gasteiger partial charge in [0.25, 0.3) is 0 Å². The molecule has 3 aliphatic heterocycles. The summed E-state index contributed by atoms with van der Waals surface area (Å²) in [5.74, 6) is 0. The molecule has 90 valence electrons. The summed E-state index contributed by atoms with van der Waals surface area (Å²) in [5.41, 5.74) is 0. The van der Waals surface area contributed by atoms with Crippen LogP contribution in [0.1, 0.15) is 39.5 Å². The molecule has 3 saturated heterocycles. The lowest BCUT2D eigenvalue weighted by Gasteiger charge is -2.28. The van der Waals surface area contributed by atoms with Crippen LogP contribution in [0.3, 0.4) is 0 Å². The summed E-state index contributed by atoms with van der Waals surface area (Å²) in [6.45, 7) is 4.53. The molecule has 0 radical (unpaired) electrons. The maximum absolute atomic E-state index is 5.84. The smallest absolute Gasteiger partial charge is 0.157 e. The Labute approximate surface area is 101 Å². The first kappa shape index (κ1) is 10.9. The van der Waals surface area contributed by atoms with E-state index in [9.17, 15) is 0 Å². The van der Waals surface area contributed by atoms with Gasteiger partial charge in [-0.05, 0) is 32.6 Å². The molecule has 0 amide bonds. The lowest BCUT2D eigenvalue weighted by Crippen LogP contribution is -2.39. The first-order valence-corrected chi connectivity index (χ1v) is 7.25. The summed E-state index contributed by atoms with van der Waals surface area (Å²) in [5, 5.41) is 5.33. The first-order chi connectivity index (χ1) is 7.70. The Morgan fingerprint density at radius 3 is 2.81 bits per heavy atom. The summed E-state index contributed by atoms with van der Waals surface area (Å²) < 4.78 is 5.84. The Morgan fingerprint density at radius 2 is 2.19 bits per heavy atom. The van der Waals surface area contributed by atoms with Crippen LogP contribution in [-0.4, -0.2) is 34.7 Å². The molecule has 3 heterocycles. The van der Waals surface area contributed by atoms with Crippen LogP contribution in [0.15, 0.2) is 4.99 Å². The Hall–Kier alpha value is -0.220. The van der Waals surface area contributed by atoms with Gasteiger partial charge in [-0.25, -0.2) is 0 Å². The Balaban J connectivity index is 1.67. The second kappa shape index (κ2) is 4.22. The number of hydrogen-bond acceptors (Lipinski definition) is 3. The molecule has 0 aromatic carbocycles. The van der Waals surface area contributed by atoms with Gasteiger partial charge in [0.1, 0.15) is 0 Å². The second-order valence-electron chi connectivity index (χ2n) is 5.32. The SMILES string of the molecule is CC1CC(C)SC(=NC2CC3CCC2O3)N1. The van der Waals surface area contributed by atoms with Crippen LogP contribution in [0.25, 0.3) is 0 Å². The Kier molecular flexibility index (Phi) is 2.88. The van der Waals surface area contributed by atoms with Crippen molar-refractivity contribution in [1.29, 1.82) is 0 Å². The molecule has 1 N–H and O–H groups in total. The van der Waals surface area contributed by atoms with Gasteiger partial charge in [0.15, 0.2) is 5.17 Å². The number of thioether (sulfide) groups is 1. The van der Waals surface area contributed by atoms with Crippen LogP contribution >= 0.6 is 11.8 Å². The molecule has 0 spiro atoms. The van der Waals surface area contributed by atoms with Gasteiger partial charge in [-0.1, -0.05) is 18.7 Å². The van der Waals surface area contributed by atoms with Crippen LogP contribution in [0.2, 0.25) is 0 Å². The molecule has 5 unspecified atom stereocenters. The average Bonchev–Trinajstić information content (AvgIpc) is 2.77. The summed E-state index contributed by atoms with van der Waals surface area (Å²) in [6, 6.07) is 0.987. The van der Waals surface area contributed by atoms with Gasteiger partial charge in [0.05, 0.1) is 18.2 Å². The molecule has 16 heavy (non-hydrogen) atoms. The topological polar surface area (TPSA) is 33.6 Å². The van der Waals surface area contributed by atoms with Crippen molar-refractivity contribution in [2.75, 3.05) is 0 Å². The predicted molar refractivity (Wildman–Crippen MR) is 68.0 cm³/mol. The standard InChI is InChI=1S/C12H20N2OS/c1-7-5-8(2)16-12(13-7)14-10-6-9-3-4-11(10)15-9/h7-11H,3-6H2,1-2H3,(H,13,14). The zero-order valence-corrected chi connectivity index (χ0v) is 10.8. The van der Waals surface area contributed by atoms with Crippen LogP contribution in [0.4, 0.5) is 0 Å². The van der Waals surface area contributed by atoms with Gasteiger partial charge in [0, 0.05) is 11.3 Å². The number of ether oxygens (including phenoxy) is 1. The second-order valence-corrected chi connectivity index (χ2v) is 6.75. The number of nitrogens with zero attached hydrogens (tertiary/aromatic N) is 1. The fourth-order valence-electron chi connectivity index (χ4n) is 3.01. The van der Waals surface area contributed by atoms with Crippen molar-refractivity contribution >= 4 is 16.9 Å². The minimum atomic E-state index is 0.410. The number of amidine groups is 1. The van der Waals surface area contributed by atoms with Crippen LogP contribution in [0.5, 0.6) is 0 Å². The molecule has 0 aromatic heterocycles. The molecule has 0 aliphatic carbocycles. The Morgan fingerprint density at radius 1 is 1.31 bits per heavy atom. The molecule has 2 bridgehead atoms. The molecule has 5 atom stereocenters. The number of rotatable bonds is 1. The number of nitrogens with one attached hydrogen (secondary N) is 1. The molecule has 3 nitrogen and oxygen atoms in total. The molecule has 3 fully saturated rings. The zero-order chi connectivity index (χ0) is 11.1. The zero-order valence-electron chi connectivity index (χ0n) is 9.98. The monoisotopic (exact) mass is 240 g/mol. The maximum Gasteiger partial charge on any atom is 0.157 e. The number of fused-ring (bicyclic) bond motifs is 2. The van der Waals surface area contributed by atoms with Gasteiger partial charge in [-0.3, -0.25) is 4.99 Å². The van der Waals surface area contributed by atoms with Gasteiger partial charge in [0.2, 0.25) is 0 Å².